The minimum atomic E-state index is -0.815. The summed E-state index contributed by atoms with van der Waals surface area (Å²) < 4.78 is 0. The zero-order chi connectivity index (χ0) is 15.4. The molecule has 0 aliphatic heterocycles. The van der Waals surface area contributed by atoms with Crippen LogP contribution in [0.2, 0.25) is 5.02 Å². The molecule has 1 fully saturated rings. The van der Waals surface area contributed by atoms with Gasteiger partial charge in [-0.1, -0.05) is 43.5 Å². The first kappa shape index (κ1) is 16.3. The van der Waals surface area contributed by atoms with Gasteiger partial charge in [0.1, 0.15) is 0 Å². The van der Waals surface area contributed by atoms with E-state index in [0.717, 1.165) is 16.5 Å². The van der Waals surface area contributed by atoms with Gasteiger partial charge in [0.2, 0.25) is 0 Å². The Morgan fingerprint density at radius 1 is 1.38 bits per heavy atom. The second-order valence-corrected chi connectivity index (χ2v) is 6.68. The average molecular weight is 310 g/mol. The molecule has 3 N–H and O–H groups in total. The second-order valence-electron chi connectivity index (χ2n) is 6.28. The van der Waals surface area contributed by atoms with Crippen LogP contribution >= 0.6 is 11.6 Å². The molecule has 2 rings (SSSR count). The van der Waals surface area contributed by atoms with Gasteiger partial charge in [-0.25, -0.2) is 0 Å². The molecular weight excluding hydrogens is 286 g/mol. The molecule has 1 atom stereocenters. The van der Waals surface area contributed by atoms with Crippen molar-refractivity contribution in [2.75, 3.05) is 0 Å². The molecule has 0 radical (unpaired) electrons. The quantitative estimate of drug-likeness (QED) is 0.841. The van der Waals surface area contributed by atoms with Gasteiger partial charge in [-0.2, -0.15) is 0 Å². The number of benzene rings is 1. The van der Waals surface area contributed by atoms with Crippen LogP contribution in [0.15, 0.2) is 18.2 Å². The molecule has 21 heavy (non-hydrogen) atoms. The molecule has 1 unspecified atom stereocenters. The van der Waals surface area contributed by atoms with Crippen LogP contribution in [0.1, 0.15) is 68.5 Å². The highest BCUT2D eigenvalue weighted by atomic mass is 35.5. The predicted molar refractivity (Wildman–Crippen MR) is 85.6 cm³/mol. The highest BCUT2D eigenvalue weighted by Crippen LogP contribution is 2.39. The molecule has 0 heterocycles. The smallest absolute Gasteiger partial charge is 0.303 e. The minimum absolute atomic E-state index is 0.0844. The lowest BCUT2D eigenvalue weighted by Gasteiger charge is -2.27. The van der Waals surface area contributed by atoms with E-state index in [1.165, 1.54) is 31.2 Å². The Bertz CT molecular complexity index is 496. The van der Waals surface area contributed by atoms with Gasteiger partial charge in [0.15, 0.2) is 0 Å². The number of carboxylic acid groups (broad SMARTS) is 1. The van der Waals surface area contributed by atoms with Gasteiger partial charge in [-0.3, -0.25) is 4.79 Å². The molecule has 0 bridgehead atoms. The van der Waals surface area contributed by atoms with Crippen molar-refractivity contribution in [3.05, 3.63) is 34.3 Å². The second kappa shape index (κ2) is 7.28. The van der Waals surface area contributed by atoms with Crippen LogP contribution in [-0.2, 0) is 4.79 Å². The lowest BCUT2D eigenvalue weighted by atomic mass is 9.79. The highest BCUT2D eigenvalue weighted by Gasteiger charge is 2.22. The molecule has 0 aromatic heterocycles. The number of carbonyl (C=O) groups is 1. The van der Waals surface area contributed by atoms with Crippen molar-refractivity contribution in [2.24, 2.45) is 11.7 Å². The molecule has 0 amide bonds. The van der Waals surface area contributed by atoms with Crippen LogP contribution in [0.5, 0.6) is 0 Å². The maximum Gasteiger partial charge on any atom is 0.303 e. The molecule has 1 saturated carbocycles. The third-order valence-electron chi connectivity index (χ3n) is 4.58. The third-order valence-corrected chi connectivity index (χ3v) is 4.90. The fourth-order valence-corrected chi connectivity index (χ4v) is 3.47. The monoisotopic (exact) mass is 309 g/mol. The van der Waals surface area contributed by atoms with Crippen molar-refractivity contribution in [3.8, 4) is 0 Å². The number of aliphatic carboxylic acids is 1. The van der Waals surface area contributed by atoms with E-state index in [1.54, 1.807) is 0 Å². The van der Waals surface area contributed by atoms with Crippen molar-refractivity contribution in [2.45, 2.75) is 57.4 Å². The van der Waals surface area contributed by atoms with Crippen molar-refractivity contribution in [1.29, 1.82) is 0 Å². The normalized spacial score (nSPS) is 23.8. The van der Waals surface area contributed by atoms with E-state index in [4.69, 9.17) is 22.4 Å². The summed E-state index contributed by atoms with van der Waals surface area (Å²) in [4.78, 5) is 10.6. The van der Waals surface area contributed by atoms with Gasteiger partial charge in [0.05, 0.1) is 0 Å². The van der Waals surface area contributed by atoms with E-state index in [-0.39, 0.29) is 12.5 Å². The number of nitrogens with two attached hydrogens (primary N) is 1. The summed E-state index contributed by atoms with van der Waals surface area (Å²) >= 11 is 6.43. The average Bonchev–Trinajstić information content (AvgIpc) is 2.45. The van der Waals surface area contributed by atoms with Crippen molar-refractivity contribution in [1.82, 2.24) is 0 Å². The van der Waals surface area contributed by atoms with E-state index in [0.29, 0.717) is 12.3 Å². The van der Waals surface area contributed by atoms with Crippen LogP contribution < -0.4 is 5.73 Å². The molecular formula is C17H24ClNO2. The Morgan fingerprint density at radius 2 is 2.05 bits per heavy atom. The fourth-order valence-electron chi connectivity index (χ4n) is 3.12. The molecule has 116 valence electrons. The van der Waals surface area contributed by atoms with Crippen LogP contribution in [-0.4, -0.2) is 11.1 Å². The number of carboxylic acids is 1. The summed E-state index contributed by atoms with van der Waals surface area (Å²) in [6.07, 6.45) is 5.45. The first-order valence-electron chi connectivity index (χ1n) is 7.74. The molecule has 0 spiro atoms. The van der Waals surface area contributed by atoms with Gasteiger partial charge < -0.3 is 10.8 Å². The van der Waals surface area contributed by atoms with Crippen LogP contribution in [0.4, 0.5) is 0 Å². The summed E-state index contributed by atoms with van der Waals surface area (Å²) in [6.45, 7) is 2.31. The van der Waals surface area contributed by atoms with E-state index < -0.39 is 5.97 Å². The van der Waals surface area contributed by atoms with Gasteiger partial charge in [-0.15, -0.1) is 0 Å². The third kappa shape index (κ3) is 4.45. The number of halogens is 1. The number of hydrogen-bond donors (Lipinski definition) is 2. The largest absolute Gasteiger partial charge is 0.481 e. The predicted octanol–water partition coefficient (Wildman–Crippen LogP) is 4.50. The lowest BCUT2D eigenvalue weighted by molar-refractivity contribution is -0.137. The summed E-state index contributed by atoms with van der Waals surface area (Å²) in [7, 11) is 0. The first-order chi connectivity index (χ1) is 9.97. The number of rotatable bonds is 5. The number of hydrogen-bond acceptors (Lipinski definition) is 2. The van der Waals surface area contributed by atoms with Gasteiger partial charge in [0.25, 0.3) is 0 Å². The molecule has 3 nitrogen and oxygen atoms in total. The maximum absolute atomic E-state index is 10.6. The Hall–Kier alpha value is -1.06. The van der Waals surface area contributed by atoms with Crippen LogP contribution in [0.3, 0.4) is 0 Å². The molecule has 1 aliphatic carbocycles. The van der Waals surface area contributed by atoms with Crippen LogP contribution in [0.25, 0.3) is 0 Å². The standard InChI is InChI=1S/C17H24ClNO2/c1-11-2-4-12(5-3-11)14-7-6-13(10-15(14)18)16(19)8-9-17(20)21/h6-7,10-12,16H,2-5,8-9,19H2,1H3,(H,20,21). The summed E-state index contributed by atoms with van der Waals surface area (Å²) in [5, 5.41) is 9.49. The fraction of sp³-hybridized carbons (Fsp3) is 0.588. The minimum Gasteiger partial charge on any atom is -0.481 e. The van der Waals surface area contributed by atoms with Crippen molar-refractivity contribution < 1.29 is 9.90 Å². The van der Waals surface area contributed by atoms with E-state index in [1.807, 2.05) is 12.1 Å². The molecule has 4 heteroatoms. The Labute approximate surface area is 131 Å². The molecule has 1 aromatic rings. The van der Waals surface area contributed by atoms with Crippen molar-refractivity contribution in [3.63, 3.8) is 0 Å². The van der Waals surface area contributed by atoms with E-state index in [9.17, 15) is 4.79 Å². The summed E-state index contributed by atoms with van der Waals surface area (Å²) in [5.74, 6) is 0.561. The Balaban J connectivity index is 2.05. The van der Waals surface area contributed by atoms with Gasteiger partial charge in [0, 0.05) is 17.5 Å². The molecule has 1 aromatic carbocycles. The van der Waals surface area contributed by atoms with Crippen molar-refractivity contribution >= 4 is 17.6 Å². The SMILES string of the molecule is CC1CCC(c2ccc(C(N)CCC(=O)O)cc2Cl)CC1. The molecule has 0 saturated heterocycles. The summed E-state index contributed by atoms with van der Waals surface area (Å²) in [6, 6.07) is 5.74. The van der Waals surface area contributed by atoms with E-state index >= 15 is 0 Å². The summed E-state index contributed by atoms with van der Waals surface area (Å²) in [5.41, 5.74) is 8.18. The zero-order valence-electron chi connectivity index (χ0n) is 12.5. The topological polar surface area (TPSA) is 63.3 Å². The Morgan fingerprint density at radius 3 is 2.62 bits per heavy atom. The highest BCUT2D eigenvalue weighted by molar-refractivity contribution is 6.31. The van der Waals surface area contributed by atoms with E-state index in [2.05, 4.69) is 13.0 Å². The Kier molecular flexibility index (Phi) is 5.65. The molecule has 1 aliphatic rings. The maximum atomic E-state index is 10.6. The lowest BCUT2D eigenvalue weighted by Crippen LogP contribution is -2.14. The zero-order valence-corrected chi connectivity index (χ0v) is 13.3. The van der Waals surface area contributed by atoms with Gasteiger partial charge >= 0.3 is 5.97 Å². The van der Waals surface area contributed by atoms with Gasteiger partial charge in [-0.05, 0) is 48.3 Å². The van der Waals surface area contributed by atoms with Crippen LogP contribution in [0, 0.1) is 5.92 Å². The first-order valence-corrected chi connectivity index (χ1v) is 8.12.